The van der Waals surface area contributed by atoms with E-state index >= 15 is 0 Å². The molecule has 0 saturated heterocycles. The molecular formula is C14H13ClN2O. The van der Waals surface area contributed by atoms with Crippen LogP contribution in [0.5, 0.6) is 0 Å². The summed E-state index contributed by atoms with van der Waals surface area (Å²) in [5.41, 5.74) is 3.12. The van der Waals surface area contributed by atoms with Crippen LogP contribution in [0.2, 0.25) is 5.15 Å². The Balaban J connectivity index is 2.24. The minimum atomic E-state index is -0.187. The van der Waals surface area contributed by atoms with Gasteiger partial charge in [0.2, 0.25) is 0 Å². The lowest BCUT2D eigenvalue weighted by Gasteiger charge is -2.07. The maximum Gasteiger partial charge on any atom is 0.255 e. The number of anilines is 1. The van der Waals surface area contributed by atoms with Gasteiger partial charge in [0.15, 0.2) is 5.15 Å². The van der Waals surface area contributed by atoms with Crippen LogP contribution in [-0.2, 0) is 0 Å². The van der Waals surface area contributed by atoms with Gasteiger partial charge in [-0.1, -0.05) is 29.3 Å². The maximum absolute atomic E-state index is 12.0. The van der Waals surface area contributed by atoms with Gasteiger partial charge in [0.25, 0.3) is 5.91 Å². The molecule has 3 nitrogen and oxygen atoms in total. The number of amides is 1. The maximum atomic E-state index is 12.0. The van der Waals surface area contributed by atoms with E-state index in [0.29, 0.717) is 16.4 Å². The summed E-state index contributed by atoms with van der Waals surface area (Å²) >= 11 is 5.93. The first kappa shape index (κ1) is 12.6. The van der Waals surface area contributed by atoms with E-state index in [1.54, 1.807) is 18.3 Å². The molecule has 4 heteroatoms. The molecule has 0 radical (unpaired) electrons. The smallest absolute Gasteiger partial charge is 0.255 e. The topological polar surface area (TPSA) is 42.0 Å². The van der Waals surface area contributed by atoms with Crippen LogP contribution in [0, 0.1) is 13.8 Å². The fourth-order valence-corrected chi connectivity index (χ4v) is 1.77. The van der Waals surface area contributed by atoms with Crippen LogP contribution in [0.4, 0.5) is 5.69 Å². The van der Waals surface area contributed by atoms with Crippen molar-refractivity contribution in [1.82, 2.24) is 4.98 Å². The first-order valence-electron chi connectivity index (χ1n) is 5.56. The predicted molar refractivity (Wildman–Crippen MR) is 73.1 cm³/mol. The van der Waals surface area contributed by atoms with Crippen LogP contribution in [0.3, 0.4) is 0 Å². The second-order valence-corrected chi connectivity index (χ2v) is 4.53. The predicted octanol–water partition coefficient (Wildman–Crippen LogP) is 3.60. The summed E-state index contributed by atoms with van der Waals surface area (Å²) in [6.45, 7) is 3.84. The van der Waals surface area contributed by atoms with Gasteiger partial charge in [-0.3, -0.25) is 4.79 Å². The summed E-state index contributed by atoms with van der Waals surface area (Å²) in [7, 11) is 0. The molecule has 0 bridgehead atoms. The third-order valence-electron chi connectivity index (χ3n) is 2.50. The largest absolute Gasteiger partial charge is 0.319 e. The highest BCUT2D eigenvalue weighted by atomic mass is 35.5. The van der Waals surface area contributed by atoms with Crippen LogP contribution in [0.15, 0.2) is 36.5 Å². The van der Waals surface area contributed by atoms with Crippen molar-refractivity contribution in [2.45, 2.75) is 13.8 Å². The number of hydrogen-bond donors (Lipinski definition) is 1. The fraction of sp³-hybridized carbons (Fsp3) is 0.143. The SMILES string of the molecule is Cc1cccc(C(=O)Nc2cc(C)cnc2Cl)c1. The third-order valence-corrected chi connectivity index (χ3v) is 2.81. The van der Waals surface area contributed by atoms with E-state index in [4.69, 9.17) is 11.6 Å². The number of carbonyl (C=O) groups excluding carboxylic acids is 1. The van der Waals surface area contributed by atoms with Gasteiger partial charge in [-0.05, 0) is 37.6 Å². The summed E-state index contributed by atoms with van der Waals surface area (Å²) in [5.74, 6) is -0.187. The number of nitrogens with zero attached hydrogens (tertiary/aromatic N) is 1. The molecule has 1 aromatic carbocycles. The van der Waals surface area contributed by atoms with Crippen molar-refractivity contribution in [3.05, 3.63) is 58.4 Å². The van der Waals surface area contributed by atoms with E-state index in [9.17, 15) is 4.79 Å². The van der Waals surface area contributed by atoms with E-state index in [0.717, 1.165) is 11.1 Å². The third kappa shape index (κ3) is 2.87. The van der Waals surface area contributed by atoms with Crippen molar-refractivity contribution in [3.8, 4) is 0 Å². The highest BCUT2D eigenvalue weighted by molar-refractivity contribution is 6.32. The Morgan fingerprint density at radius 2 is 2.00 bits per heavy atom. The van der Waals surface area contributed by atoms with Crippen LogP contribution in [0.25, 0.3) is 0 Å². The van der Waals surface area contributed by atoms with Gasteiger partial charge in [-0.2, -0.15) is 0 Å². The van der Waals surface area contributed by atoms with Crippen molar-refractivity contribution >= 4 is 23.2 Å². The van der Waals surface area contributed by atoms with E-state index < -0.39 is 0 Å². The van der Waals surface area contributed by atoms with Crippen LogP contribution in [-0.4, -0.2) is 10.9 Å². The molecule has 1 aromatic heterocycles. The molecule has 0 unspecified atom stereocenters. The quantitative estimate of drug-likeness (QED) is 0.839. The Bertz CT molecular complexity index is 596. The highest BCUT2D eigenvalue weighted by Gasteiger charge is 2.09. The highest BCUT2D eigenvalue weighted by Crippen LogP contribution is 2.20. The number of benzene rings is 1. The van der Waals surface area contributed by atoms with Crippen molar-refractivity contribution < 1.29 is 4.79 Å². The number of aryl methyl sites for hydroxylation is 2. The molecule has 0 atom stereocenters. The van der Waals surface area contributed by atoms with Crippen molar-refractivity contribution in [2.75, 3.05) is 5.32 Å². The van der Waals surface area contributed by atoms with Gasteiger partial charge in [0, 0.05) is 11.8 Å². The van der Waals surface area contributed by atoms with E-state index in [1.807, 2.05) is 32.0 Å². The summed E-state index contributed by atoms with van der Waals surface area (Å²) in [4.78, 5) is 16.0. The van der Waals surface area contributed by atoms with Gasteiger partial charge in [0.1, 0.15) is 0 Å². The van der Waals surface area contributed by atoms with E-state index in [2.05, 4.69) is 10.3 Å². The number of rotatable bonds is 2. The lowest BCUT2D eigenvalue weighted by atomic mass is 10.1. The Morgan fingerprint density at radius 1 is 1.22 bits per heavy atom. The molecule has 0 spiro atoms. The molecule has 2 rings (SSSR count). The Labute approximate surface area is 111 Å². The first-order valence-corrected chi connectivity index (χ1v) is 5.94. The van der Waals surface area contributed by atoms with Crippen molar-refractivity contribution in [3.63, 3.8) is 0 Å². The molecule has 0 fully saturated rings. The molecule has 0 aliphatic carbocycles. The van der Waals surface area contributed by atoms with Gasteiger partial charge >= 0.3 is 0 Å². The van der Waals surface area contributed by atoms with E-state index in [-0.39, 0.29) is 5.91 Å². The zero-order valence-electron chi connectivity index (χ0n) is 10.2. The fourth-order valence-electron chi connectivity index (χ4n) is 1.62. The summed E-state index contributed by atoms with van der Waals surface area (Å²) in [6.07, 6.45) is 1.66. The molecular weight excluding hydrogens is 248 g/mol. The summed E-state index contributed by atoms with van der Waals surface area (Å²) < 4.78 is 0. The lowest BCUT2D eigenvalue weighted by Crippen LogP contribution is -2.12. The normalized spacial score (nSPS) is 10.2. The molecule has 1 N–H and O–H groups in total. The average Bonchev–Trinajstić information content (AvgIpc) is 2.34. The number of halogens is 1. The standard InChI is InChI=1S/C14H13ClN2O/c1-9-4-3-5-11(6-9)14(18)17-12-7-10(2)8-16-13(12)15/h3-8H,1-2H3,(H,17,18). The van der Waals surface area contributed by atoms with Gasteiger partial charge in [-0.15, -0.1) is 0 Å². The Kier molecular flexibility index (Phi) is 3.63. The Hall–Kier alpha value is -1.87. The number of carbonyl (C=O) groups is 1. The second kappa shape index (κ2) is 5.19. The van der Waals surface area contributed by atoms with Gasteiger partial charge in [0.05, 0.1) is 5.69 Å². The first-order chi connectivity index (χ1) is 8.56. The van der Waals surface area contributed by atoms with E-state index in [1.165, 1.54) is 0 Å². The lowest BCUT2D eigenvalue weighted by molar-refractivity contribution is 0.102. The molecule has 18 heavy (non-hydrogen) atoms. The zero-order valence-corrected chi connectivity index (χ0v) is 11.0. The number of nitrogens with one attached hydrogen (secondary N) is 1. The summed E-state index contributed by atoms with van der Waals surface area (Å²) in [5, 5.41) is 3.05. The molecule has 0 saturated carbocycles. The van der Waals surface area contributed by atoms with Crippen LogP contribution < -0.4 is 5.32 Å². The van der Waals surface area contributed by atoms with Gasteiger partial charge in [-0.25, -0.2) is 4.98 Å². The second-order valence-electron chi connectivity index (χ2n) is 4.17. The molecule has 1 heterocycles. The van der Waals surface area contributed by atoms with Crippen LogP contribution >= 0.6 is 11.6 Å². The number of aromatic nitrogens is 1. The van der Waals surface area contributed by atoms with Crippen molar-refractivity contribution in [1.29, 1.82) is 0 Å². The number of pyridine rings is 1. The van der Waals surface area contributed by atoms with Gasteiger partial charge < -0.3 is 5.32 Å². The minimum Gasteiger partial charge on any atom is -0.319 e. The van der Waals surface area contributed by atoms with Crippen LogP contribution in [0.1, 0.15) is 21.5 Å². The molecule has 2 aromatic rings. The Morgan fingerprint density at radius 3 is 2.72 bits per heavy atom. The average molecular weight is 261 g/mol. The molecule has 92 valence electrons. The summed E-state index contributed by atoms with van der Waals surface area (Å²) in [6, 6.07) is 9.17. The monoisotopic (exact) mass is 260 g/mol. The minimum absolute atomic E-state index is 0.187. The van der Waals surface area contributed by atoms with Crippen molar-refractivity contribution in [2.24, 2.45) is 0 Å². The molecule has 1 amide bonds. The molecule has 0 aliphatic rings. The molecule has 0 aliphatic heterocycles. The zero-order chi connectivity index (χ0) is 13.1. The number of hydrogen-bond acceptors (Lipinski definition) is 2.